The number of thioether (sulfide) groups is 1. The Morgan fingerprint density at radius 3 is 2.59 bits per heavy atom. The smallest absolute Gasteiger partial charge is 0.350 e. The van der Waals surface area contributed by atoms with E-state index < -0.39 is 15.8 Å². The van der Waals surface area contributed by atoms with Crippen LogP contribution >= 0.6 is 23.1 Å². The van der Waals surface area contributed by atoms with Crippen LogP contribution in [-0.4, -0.2) is 52.9 Å². The highest BCUT2D eigenvalue weighted by Gasteiger charge is 2.22. The van der Waals surface area contributed by atoms with Crippen LogP contribution in [0.5, 0.6) is 0 Å². The number of esters is 1. The van der Waals surface area contributed by atoms with Gasteiger partial charge in [-0.15, -0.1) is 16.8 Å². The minimum atomic E-state index is -3.63. The average molecular weight is 522 g/mol. The number of nitrogens with zero attached hydrogens (tertiary/aromatic N) is 4. The molecule has 1 amide bonds. The predicted molar refractivity (Wildman–Crippen MR) is 130 cm³/mol. The van der Waals surface area contributed by atoms with Gasteiger partial charge < -0.3 is 14.6 Å². The number of ether oxygens (including phenoxy) is 1. The van der Waals surface area contributed by atoms with Gasteiger partial charge in [0.2, 0.25) is 5.91 Å². The summed E-state index contributed by atoms with van der Waals surface area (Å²) in [6.45, 7) is 7.52. The molecule has 1 N–H and O–H groups in total. The Morgan fingerprint density at radius 2 is 1.94 bits per heavy atom. The van der Waals surface area contributed by atoms with E-state index in [0.29, 0.717) is 15.7 Å². The van der Waals surface area contributed by atoms with E-state index in [-0.39, 0.29) is 39.8 Å². The molecule has 3 aromatic rings. The van der Waals surface area contributed by atoms with Crippen LogP contribution in [0.3, 0.4) is 0 Å². The highest BCUT2D eigenvalue weighted by molar-refractivity contribution is 7.99. The Bertz CT molecular complexity index is 1310. The Morgan fingerprint density at radius 1 is 1.24 bits per heavy atom. The molecule has 0 unspecified atom stereocenters. The summed E-state index contributed by atoms with van der Waals surface area (Å²) in [6.07, 6.45) is 1.60. The first-order valence-electron chi connectivity index (χ1n) is 9.95. The van der Waals surface area contributed by atoms with Crippen molar-refractivity contribution in [3.05, 3.63) is 58.9 Å². The molecule has 0 spiro atoms. The van der Waals surface area contributed by atoms with Gasteiger partial charge in [0.25, 0.3) is 0 Å². The molecule has 2 heterocycles. The number of aromatic nitrogens is 4. The molecule has 0 bridgehead atoms. The quantitative estimate of drug-likeness (QED) is 0.243. The topological polar surface area (TPSA) is 133 Å². The standard InChI is InChI=1S/C21H23N5O5S3/c1-5-10-26-16(12-34(29,30)15-8-6-13(2)7-9-15)24-25-21(26)32-11-17(27)23-20-22-14(3)18(33-20)19(28)31-4/h5-9H,1,10-12H2,2-4H3,(H,22,23,27). The molecule has 2 aromatic heterocycles. The van der Waals surface area contributed by atoms with E-state index >= 15 is 0 Å². The summed E-state index contributed by atoms with van der Waals surface area (Å²) in [6, 6.07) is 6.59. The lowest BCUT2D eigenvalue weighted by Gasteiger charge is -2.08. The predicted octanol–water partition coefficient (Wildman–Crippen LogP) is 3.03. The van der Waals surface area contributed by atoms with E-state index in [9.17, 15) is 18.0 Å². The molecule has 10 nitrogen and oxygen atoms in total. The zero-order valence-electron chi connectivity index (χ0n) is 18.8. The molecule has 0 aliphatic rings. The molecule has 13 heteroatoms. The highest BCUT2D eigenvalue weighted by atomic mass is 32.2. The summed E-state index contributed by atoms with van der Waals surface area (Å²) < 4.78 is 32.0. The Labute approximate surface area is 205 Å². The minimum absolute atomic E-state index is 0.0217. The monoisotopic (exact) mass is 521 g/mol. The van der Waals surface area contributed by atoms with Crippen LogP contribution in [0.25, 0.3) is 0 Å². The van der Waals surface area contributed by atoms with Gasteiger partial charge in [-0.25, -0.2) is 18.2 Å². The maximum atomic E-state index is 12.8. The van der Waals surface area contributed by atoms with Gasteiger partial charge in [-0.2, -0.15) is 0 Å². The van der Waals surface area contributed by atoms with Crippen LogP contribution in [-0.2, 0) is 31.7 Å². The van der Waals surface area contributed by atoms with Gasteiger partial charge in [-0.05, 0) is 26.0 Å². The summed E-state index contributed by atoms with van der Waals surface area (Å²) >= 11 is 2.12. The van der Waals surface area contributed by atoms with Gasteiger partial charge in [0.05, 0.1) is 23.5 Å². The van der Waals surface area contributed by atoms with Gasteiger partial charge in [-0.3, -0.25) is 4.79 Å². The van der Waals surface area contributed by atoms with E-state index in [4.69, 9.17) is 4.74 Å². The van der Waals surface area contributed by atoms with Gasteiger partial charge in [0, 0.05) is 6.54 Å². The molecule has 0 aliphatic heterocycles. The van der Waals surface area contributed by atoms with Crippen molar-refractivity contribution >= 4 is 49.9 Å². The third-order valence-corrected chi connectivity index (χ3v) is 8.20. The third kappa shape index (κ3) is 6.10. The van der Waals surface area contributed by atoms with Crippen LogP contribution in [0, 0.1) is 13.8 Å². The van der Waals surface area contributed by atoms with Crippen molar-refractivity contribution in [3.8, 4) is 0 Å². The van der Waals surface area contributed by atoms with E-state index in [2.05, 4.69) is 27.1 Å². The van der Waals surface area contributed by atoms with Crippen molar-refractivity contribution in [3.63, 3.8) is 0 Å². The number of nitrogens with one attached hydrogen (secondary N) is 1. The molecular weight excluding hydrogens is 498 g/mol. The second kappa shape index (κ2) is 10.9. The molecule has 0 fully saturated rings. The second-order valence-corrected chi connectivity index (χ2v) is 11.1. The Kier molecular flexibility index (Phi) is 8.23. The van der Waals surface area contributed by atoms with Crippen molar-refractivity contribution in [1.82, 2.24) is 19.7 Å². The summed E-state index contributed by atoms with van der Waals surface area (Å²) in [4.78, 5) is 28.8. The maximum absolute atomic E-state index is 12.8. The maximum Gasteiger partial charge on any atom is 0.350 e. The van der Waals surface area contributed by atoms with Crippen molar-refractivity contribution in [2.45, 2.75) is 36.2 Å². The lowest BCUT2D eigenvalue weighted by Crippen LogP contribution is -2.15. The van der Waals surface area contributed by atoms with Crippen LogP contribution in [0.2, 0.25) is 0 Å². The van der Waals surface area contributed by atoms with E-state index in [1.54, 1.807) is 41.8 Å². The lowest BCUT2D eigenvalue weighted by molar-refractivity contribution is -0.113. The molecule has 3 rings (SSSR count). The van der Waals surface area contributed by atoms with Crippen LogP contribution in [0.15, 0.2) is 47.0 Å². The molecule has 0 aliphatic carbocycles. The fourth-order valence-electron chi connectivity index (χ4n) is 2.86. The van der Waals surface area contributed by atoms with Crippen molar-refractivity contribution < 1.29 is 22.7 Å². The van der Waals surface area contributed by atoms with Gasteiger partial charge >= 0.3 is 5.97 Å². The SMILES string of the molecule is C=CCn1c(CS(=O)(=O)c2ccc(C)cc2)nnc1SCC(=O)Nc1nc(C)c(C(=O)OC)s1. The molecule has 1 aromatic carbocycles. The van der Waals surface area contributed by atoms with Crippen LogP contribution in [0.4, 0.5) is 5.13 Å². The van der Waals surface area contributed by atoms with Crippen LogP contribution < -0.4 is 5.32 Å². The van der Waals surface area contributed by atoms with Gasteiger partial charge in [0.1, 0.15) is 16.5 Å². The summed E-state index contributed by atoms with van der Waals surface area (Å²) in [5.74, 6) is -0.987. The number of carbonyl (C=O) groups is 2. The molecular formula is C21H23N5O5S3. The van der Waals surface area contributed by atoms with Gasteiger partial charge in [0.15, 0.2) is 20.1 Å². The average Bonchev–Trinajstić information content (AvgIpc) is 3.34. The molecule has 180 valence electrons. The van der Waals surface area contributed by atoms with Crippen LogP contribution in [0.1, 0.15) is 26.8 Å². The molecule has 34 heavy (non-hydrogen) atoms. The second-order valence-electron chi connectivity index (χ2n) is 7.13. The summed E-state index contributed by atoms with van der Waals surface area (Å²) in [5, 5.41) is 11.4. The van der Waals surface area contributed by atoms with Crippen molar-refractivity contribution in [1.29, 1.82) is 0 Å². The number of hydrogen-bond acceptors (Lipinski definition) is 10. The Balaban J connectivity index is 1.70. The number of methoxy groups -OCH3 is 1. The van der Waals surface area contributed by atoms with Gasteiger partial charge in [-0.1, -0.05) is 46.9 Å². The first kappa shape index (κ1) is 25.6. The molecule has 0 radical (unpaired) electrons. The summed E-state index contributed by atoms with van der Waals surface area (Å²) in [7, 11) is -2.36. The third-order valence-electron chi connectivity index (χ3n) is 4.55. The van der Waals surface area contributed by atoms with E-state index in [1.165, 1.54) is 7.11 Å². The normalized spacial score (nSPS) is 11.3. The fourth-order valence-corrected chi connectivity index (χ4v) is 5.80. The highest BCUT2D eigenvalue weighted by Crippen LogP contribution is 2.25. The largest absolute Gasteiger partial charge is 0.465 e. The number of anilines is 1. The summed E-state index contributed by atoms with van der Waals surface area (Å²) in [5.41, 5.74) is 1.42. The minimum Gasteiger partial charge on any atom is -0.465 e. The zero-order chi connectivity index (χ0) is 24.9. The number of hydrogen-bond donors (Lipinski definition) is 1. The Hall–Kier alpha value is -3.03. The number of allylic oxidation sites excluding steroid dienone is 1. The molecule has 0 atom stereocenters. The number of carbonyl (C=O) groups excluding carboxylic acids is 2. The first-order valence-corrected chi connectivity index (χ1v) is 13.4. The van der Waals surface area contributed by atoms with Crippen molar-refractivity contribution in [2.24, 2.45) is 0 Å². The van der Waals surface area contributed by atoms with E-state index in [0.717, 1.165) is 28.7 Å². The zero-order valence-corrected chi connectivity index (χ0v) is 21.2. The van der Waals surface area contributed by atoms with Crippen molar-refractivity contribution in [2.75, 3.05) is 18.2 Å². The van der Waals surface area contributed by atoms with E-state index in [1.807, 2.05) is 6.92 Å². The molecule has 0 saturated heterocycles. The number of aryl methyl sites for hydroxylation is 2. The number of amides is 1. The fraction of sp³-hybridized carbons (Fsp3) is 0.286. The first-order chi connectivity index (χ1) is 16.1. The number of rotatable bonds is 10. The lowest BCUT2D eigenvalue weighted by atomic mass is 10.2. The number of benzene rings is 1. The number of thiazole rings is 1. The number of sulfone groups is 1. The molecule has 0 saturated carbocycles.